The molecular weight excluding hydrogens is 477 g/mol. The van der Waals surface area contributed by atoms with Crippen LogP contribution in [-0.4, -0.2) is 24.7 Å². The van der Waals surface area contributed by atoms with E-state index in [2.05, 4.69) is 58.9 Å². The molecule has 0 amide bonds. The number of benzene rings is 3. The van der Waals surface area contributed by atoms with Crippen molar-refractivity contribution >= 4 is 40.7 Å². The highest BCUT2D eigenvalue weighted by molar-refractivity contribution is 14.0. The van der Waals surface area contributed by atoms with Gasteiger partial charge in [-0.3, -0.25) is 0 Å². The number of phenolic OH excluding ortho intramolecular Hbond substituents is 1. The van der Waals surface area contributed by atoms with Crippen molar-refractivity contribution in [3.8, 4) is 11.5 Å². The van der Waals surface area contributed by atoms with Gasteiger partial charge in [-0.1, -0.05) is 48.5 Å². The Morgan fingerprint density at radius 3 is 2.55 bits per heavy atom. The summed E-state index contributed by atoms with van der Waals surface area (Å²) in [7, 11) is 1.54. The van der Waals surface area contributed by atoms with Crippen LogP contribution in [0.25, 0.3) is 10.8 Å². The lowest BCUT2D eigenvalue weighted by Gasteiger charge is -2.19. The summed E-state index contributed by atoms with van der Waals surface area (Å²) in [6.45, 7) is 5.24. The van der Waals surface area contributed by atoms with E-state index in [1.54, 1.807) is 13.2 Å². The first-order valence-corrected chi connectivity index (χ1v) is 9.50. The largest absolute Gasteiger partial charge is 0.504 e. The molecule has 1 atom stereocenters. The number of nitrogens with one attached hydrogen (secondary N) is 2. The van der Waals surface area contributed by atoms with E-state index < -0.39 is 0 Å². The lowest BCUT2D eigenvalue weighted by molar-refractivity contribution is 0.370. The fourth-order valence-corrected chi connectivity index (χ4v) is 3.11. The Balaban J connectivity index is 0.00000300. The van der Waals surface area contributed by atoms with Crippen LogP contribution in [0.5, 0.6) is 11.5 Å². The number of aromatic hydroxyl groups is 1. The Kier molecular flexibility index (Phi) is 8.57. The Bertz CT molecular complexity index is 975. The molecule has 0 bridgehead atoms. The third kappa shape index (κ3) is 5.76. The number of ether oxygens (including phenoxy) is 1. The summed E-state index contributed by atoms with van der Waals surface area (Å²) in [6, 6.07) is 20.3. The highest BCUT2D eigenvalue weighted by Crippen LogP contribution is 2.29. The van der Waals surface area contributed by atoms with Crippen molar-refractivity contribution in [2.45, 2.75) is 26.4 Å². The molecular formula is C23H28IN3O2. The fourth-order valence-electron chi connectivity index (χ4n) is 3.11. The molecule has 3 N–H and O–H groups in total. The molecule has 29 heavy (non-hydrogen) atoms. The van der Waals surface area contributed by atoms with Crippen molar-refractivity contribution in [1.29, 1.82) is 0 Å². The molecule has 0 aliphatic heterocycles. The second-order valence-electron chi connectivity index (χ2n) is 6.64. The monoisotopic (exact) mass is 505 g/mol. The zero-order chi connectivity index (χ0) is 19.9. The van der Waals surface area contributed by atoms with Gasteiger partial charge in [-0.15, -0.1) is 24.0 Å². The SMILES string of the molecule is CCNC(=NCc1cccc(OC)c1O)NC(C)c1ccc2ccccc2c1.I. The third-order valence-corrected chi connectivity index (χ3v) is 4.68. The predicted octanol–water partition coefficient (Wildman–Crippen LogP) is 4.99. The molecule has 0 fully saturated rings. The van der Waals surface area contributed by atoms with Crippen molar-refractivity contribution in [2.75, 3.05) is 13.7 Å². The van der Waals surface area contributed by atoms with E-state index in [-0.39, 0.29) is 35.8 Å². The predicted molar refractivity (Wildman–Crippen MR) is 130 cm³/mol. The van der Waals surface area contributed by atoms with Gasteiger partial charge in [0, 0.05) is 12.1 Å². The van der Waals surface area contributed by atoms with E-state index in [4.69, 9.17) is 4.74 Å². The molecule has 0 saturated carbocycles. The minimum Gasteiger partial charge on any atom is -0.504 e. The van der Waals surface area contributed by atoms with Crippen molar-refractivity contribution in [2.24, 2.45) is 4.99 Å². The summed E-state index contributed by atoms with van der Waals surface area (Å²) in [5.41, 5.74) is 1.91. The highest BCUT2D eigenvalue weighted by atomic mass is 127. The van der Waals surface area contributed by atoms with E-state index in [1.807, 2.05) is 25.1 Å². The number of methoxy groups -OCH3 is 1. The molecule has 5 nitrogen and oxygen atoms in total. The zero-order valence-electron chi connectivity index (χ0n) is 17.0. The second-order valence-corrected chi connectivity index (χ2v) is 6.64. The van der Waals surface area contributed by atoms with Gasteiger partial charge in [0.15, 0.2) is 17.5 Å². The van der Waals surface area contributed by atoms with Crippen molar-refractivity contribution < 1.29 is 9.84 Å². The number of guanidine groups is 1. The van der Waals surface area contributed by atoms with Gasteiger partial charge in [-0.2, -0.15) is 0 Å². The molecule has 3 rings (SSSR count). The minimum atomic E-state index is 0. The molecule has 0 spiro atoms. The summed E-state index contributed by atoms with van der Waals surface area (Å²) in [5, 5.41) is 19.4. The van der Waals surface area contributed by atoms with Gasteiger partial charge in [0.1, 0.15) is 0 Å². The number of para-hydroxylation sites is 1. The number of halogens is 1. The minimum absolute atomic E-state index is 0. The number of fused-ring (bicyclic) bond motifs is 1. The van der Waals surface area contributed by atoms with Gasteiger partial charge in [0.2, 0.25) is 0 Å². The molecule has 3 aromatic rings. The average Bonchev–Trinajstić information content (AvgIpc) is 2.72. The molecule has 3 aromatic carbocycles. The first kappa shape index (κ1) is 22.8. The Morgan fingerprint density at radius 2 is 1.83 bits per heavy atom. The molecule has 0 aliphatic rings. The van der Waals surface area contributed by atoms with Gasteiger partial charge in [-0.05, 0) is 42.3 Å². The van der Waals surface area contributed by atoms with Crippen LogP contribution in [0.3, 0.4) is 0 Å². The van der Waals surface area contributed by atoms with E-state index in [0.717, 1.165) is 12.1 Å². The summed E-state index contributed by atoms with van der Waals surface area (Å²) in [6.07, 6.45) is 0. The maximum absolute atomic E-state index is 10.3. The molecule has 0 aromatic heterocycles. The van der Waals surface area contributed by atoms with Gasteiger partial charge in [0.25, 0.3) is 0 Å². The number of hydrogen-bond donors (Lipinski definition) is 3. The third-order valence-electron chi connectivity index (χ3n) is 4.68. The Labute approximate surface area is 189 Å². The fraction of sp³-hybridized carbons (Fsp3) is 0.261. The summed E-state index contributed by atoms with van der Waals surface area (Å²) < 4.78 is 5.17. The highest BCUT2D eigenvalue weighted by Gasteiger charge is 2.10. The number of aliphatic imine (C=N–C) groups is 1. The Morgan fingerprint density at radius 1 is 1.07 bits per heavy atom. The first-order valence-electron chi connectivity index (χ1n) is 9.50. The van der Waals surface area contributed by atoms with E-state index >= 15 is 0 Å². The van der Waals surface area contributed by atoms with E-state index in [9.17, 15) is 5.11 Å². The molecule has 0 heterocycles. The molecule has 0 saturated heterocycles. The quantitative estimate of drug-likeness (QED) is 0.251. The van der Waals surface area contributed by atoms with Crippen LogP contribution < -0.4 is 15.4 Å². The van der Waals surface area contributed by atoms with Crippen LogP contribution in [0.15, 0.2) is 65.7 Å². The van der Waals surface area contributed by atoms with Crippen LogP contribution in [0, 0.1) is 0 Å². The maximum Gasteiger partial charge on any atom is 0.192 e. The Hall–Kier alpha value is -2.48. The number of rotatable bonds is 6. The number of hydrogen-bond acceptors (Lipinski definition) is 3. The molecule has 0 radical (unpaired) electrons. The number of nitrogens with zero attached hydrogens (tertiary/aromatic N) is 1. The van der Waals surface area contributed by atoms with Gasteiger partial charge < -0.3 is 20.5 Å². The number of phenols is 1. The lowest BCUT2D eigenvalue weighted by Crippen LogP contribution is -2.38. The van der Waals surface area contributed by atoms with Crippen molar-refractivity contribution in [3.05, 3.63) is 71.8 Å². The normalized spacial score (nSPS) is 12.2. The van der Waals surface area contributed by atoms with E-state index in [1.165, 1.54) is 16.3 Å². The molecule has 0 aliphatic carbocycles. The first-order chi connectivity index (χ1) is 13.6. The molecule has 1 unspecified atom stereocenters. The van der Waals surface area contributed by atoms with Crippen molar-refractivity contribution in [1.82, 2.24) is 10.6 Å². The topological polar surface area (TPSA) is 65.9 Å². The van der Waals surface area contributed by atoms with Gasteiger partial charge in [0.05, 0.1) is 19.7 Å². The summed E-state index contributed by atoms with van der Waals surface area (Å²) >= 11 is 0. The van der Waals surface area contributed by atoms with Gasteiger partial charge >= 0.3 is 0 Å². The van der Waals surface area contributed by atoms with Gasteiger partial charge in [-0.25, -0.2) is 4.99 Å². The summed E-state index contributed by atoms with van der Waals surface area (Å²) in [4.78, 5) is 4.63. The van der Waals surface area contributed by atoms with Crippen LogP contribution in [0.4, 0.5) is 0 Å². The average molecular weight is 505 g/mol. The van der Waals surface area contributed by atoms with Crippen LogP contribution >= 0.6 is 24.0 Å². The lowest BCUT2D eigenvalue weighted by atomic mass is 10.0. The van der Waals surface area contributed by atoms with Crippen LogP contribution in [0.2, 0.25) is 0 Å². The maximum atomic E-state index is 10.3. The van der Waals surface area contributed by atoms with Crippen LogP contribution in [0.1, 0.15) is 31.0 Å². The standard InChI is InChI=1S/C23H27N3O2.HI/c1-4-24-23(25-15-20-10-7-11-21(28-3)22(20)27)26-16(2)18-13-12-17-8-5-6-9-19(17)14-18;/h5-14,16,27H,4,15H2,1-3H3,(H2,24,25,26);1H. The smallest absolute Gasteiger partial charge is 0.192 e. The summed E-state index contributed by atoms with van der Waals surface area (Å²) in [5.74, 6) is 1.28. The molecule has 154 valence electrons. The van der Waals surface area contributed by atoms with Crippen LogP contribution in [-0.2, 0) is 6.54 Å². The molecule has 6 heteroatoms. The zero-order valence-corrected chi connectivity index (χ0v) is 19.3. The second kappa shape index (κ2) is 10.9. The van der Waals surface area contributed by atoms with E-state index in [0.29, 0.717) is 18.3 Å². The van der Waals surface area contributed by atoms with Crippen molar-refractivity contribution in [3.63, 3.8) is 0 Å².